The zero-order valence-electron chi connectivity index (χ0n) is 15.1. The van der Waals surface area contributed by atoms with E-state index in [2.05, 4.69) is 4.98 Å². The van der Waals surface area contributed by atoms with E-state index in [0.29, 0.717) is 35.7 Å². The lowest BCUT2D eigenvalue weighted by Gasteiger charge is -2.32. The number of ether oxygens (including phenoxy) is 1. The summed E-state index contributed by atoms with van der Waals surface area (Å²) in [6.45, 7) is 2.25. The normalized spacial score (nSPS) is 18.0. The van der Waals surface area contributed by atoms with Crippen LogP contribution in [0, 0.1) is 6.92 Å². The zero-order valence-corrected chi connectivity index (χ0v) is 17.4. The summed E-state index contributed by atoms with van der Waals surface area (Å²) in [7, 11) is -3.80. The van der Waals surface area contributed by atoms with Gasteiger partial charge in [-0.05, 0) is 43.5 Å². The van der Waals surface area contributed by atoms with Crippen LogP contribution in [0.1, 0.15) is 28.9 Å². The minimum atomic E-state index is -3.80. The van der Waals surface area contributed by atoms with Crippen LogP contribution in [0.5, 0.6) is 5.75 Å². The van der Waals surface area contributed by atoms with Gasteiger partial charge in [0.05, 0.1) is 11.6 Å². The Morgan fingerprint density at radius 1 is 1.29 bits per heavy atom. The van der Waals surface area contributed by atoms with E-state index in [1.807, 2.05) is 0 Å². The molecule has 1 unspecified atom stereocenters. The first-order chi connectivity index (χ1) is 13.2. The molecule has 10 heteroatoms. The molecule has 0 radical (unpaired) electrons. The summed E-state index contributed by atoms with van der Waals surface area (Å²) < 4.78 is 33.4. The number of nitrogens with two attached hydrogens (primary N) is 1. The van der Waals surface area contributed by atoms with Crippen molar-refractivity contribution in [1.29, 1.82) is 0 Å². The lowest BCUT2D eigenvalue weighted by atomic mass is 10.1. The summed E-state index contributed by atoms with van der Waals surface area (Å²) in [5.74, 6) is -0.250. The van der Waals surface area contributed by atoms with Crippen molar-refractivity contribution in [3.05, 3.63) is 51.8 Å². The van der Waals surface area contributed by atoms with E-state index in [1.165, 1.54) is 28.7 Å². The third-order valence-electron chi connectivity index (χ3n) is 4.46. The molecule has 0 aliphatic carbocycles. The Morgan fingerprint density at radius 3 is 2.75 bits per heavy atom. The monoisotopic (exact) mass is 443 g/mol. The van der Waals surface area contributed by atoms with Gasteiger partial charge in [-0.1, -0.05) is 23.2 Å². The van der Waals surface area contributed by atoms with Gasteiger partial charge in [-0.3, -0.25) is 9.78 Å². The maximum atomic E-state index is 13.1. The first-order valence-corrected chi connectivity index (χ1v) is 10.8. The first-order valence-electron chi connectivity index (χ1n) is 8.57. The highest BCUT2D eigenvalue weighted by Gasteiger charge is 2.33. The molecule has 1 aromatic carbocycles. The molecular formula is C18H19Cl2N3O4S. The van der Waals surface area contributed by atoms with Crippen molar-refractivity contribution < 1.29 is 17.9 Å². The highest BCUT2D eigenvalue weighted by atomic mass is 35.5. The molecule has 1 aliphatic rings. The van der Waals surface area contributed by atoms with Gasteiger partial charge in [-0.25, -0.2) is 8.42 Å². The van der Waals surface area contributed by atoms with Crippen LogP contribution in [-0.2, 0) is 10.0 Å². The molecule has 1 saturated heterocycles. The number of piperidine rings is 1. The standard InChI is InChI=1S/C18H19Cl2N3O4S/c1-11-7-17(15(20)9-14(11)19)28(25,26)23-6-2-3-13(10-23)27-12-4-5-22-16(8-12)18(21)24/h4-5,7-9,13H,2-3,6,10H2,1H3,(H2,21,24). The van der Waals surface area contributed by atoms with Gasteiger partial charge in [0.2, 0.25) is 10.0 Å². The van der Waals surface area contributed by atoms with Crippen molar-refractivity contribution in [2.24, 2.45) is 5.73 Å². The van der Waals surface area contributed by atoms with E-state index in [4.69, 9.17) is 33.7 Å². The van der Waals surface area contributed by atoms with Crippen LogP contribution in [-0.4, -0.2) is 42.8 Å². The largest absolute Gasteiger partial charge is 0.489 e. The highest BCUT2D eigenvalue weighted by Crippen LogP contribution is 2.32. The summed E-state index contributed by atoms with van der Waals surface area (Å²) >= 11 is 12.2. The molecule has 1 fully saturated rings. The lowest BCUT2D eigenvalue weighted by Crippen LogP contribution is -2.44. The molecule has 0 bridgehead atoms. The molecule has 0 spiro atoms. The molecule has 1 aromatic heterocycles. The second-order valence-corrected chi connectivity index (χ2v) is 9.24. The van der Waals surface area contributed by atoms with Gasteiger partial charge >= 0.3 is 0 Å². The number of pyridine rings is 1. The number of hydrogen-bond donors (Lipinski definition) is 1. The van der Waals surface area contributed by atoms with Crippen molar-refractivity contribution >= 4 is 39.1 Å². The molecule has 28 heavy (non-hydrogen) atoms. The average Bonchev–Trinajstić information content (AvgIpc) is 2.65. The molecule has 0 saturated carbocycles. The fourth-order valence-electron chi connectivity index (χ4n) is 3.00. The van der Waals surface area contributed by atoms with Crippen LogP contribution in [0.15, 0.2) is 35.4 Å². The molecule has 150 valence electrons. The number of hydrogen-bond acceptors (Lipinski definition) is 5. The topological polar surface area (TPSA) is 103 Å². The molecular weight excluding hydrogens is 425 g/mol. The number of benzene rings is 1. The number of carbonyl (C=O) groups is 1. The van der Waals surface area contributed by atoms with Gasteiger partial charge in [-0.2, -0.15) is 4.31 Å². The number of sulfonamides is 1. The van der Waals surface area contributed by atoms with Gasteiger partial charge in [0.15, 0.2) is 0 Å². The van der Waals surface area contributed by atoms with Crippen LogP contribution in [0.2, 0.25) is 10.0 Å². The van der Waals surface area contributed by atoms with Crippen molar-refractivity contribution in [3.8, 4) is 5.75 Å². The summed E-state index contributed by atoms with van der Waals surface area (Å²) in [5.41, 5.74) is 5.94. The quantitative estimate of drug-likeness (QED) is 0.764. The summed E-state index contributed by atoms with van der Waals surface area (Å²) in [5, 5.41) is 0.491. The third kappa shape index (κ3) is 4.41. The molecule has 7 nitrogen and oxygen atoms in total. The van der Waals surface area contributed by atoms with E-state index in [1.54, 1.807) is 13.0 Å². The smallest absolute Gasteiger partial charge is 0.267 e. The maximum absolute atomic E-state index is 13.1. The number of halogens is 2. The van der Waals surface area contributed by atoms with Gasteiger partial charge in [0, 0.05) is 23.8 Å². The number of aromatic nitrogens is 1. The molecule has 2 aromatic rings. The van der Waals surface area contributed by atoms with Crippen LogP contribution < -0.4 is 10.5 Å². The van der Waals surface area contributed by atoms with Crippen LogP contribution >= 0.6 is 23.2 Å². The number of nitrogens with zero attached hydrogens (tertiary/aromatic N) is 2. The average molecular weight is 444 g/mol. The van der Waals surface area contributed by atoms with Crippen molar-refractivity contribution in [1.82, 2.24) is 9.29 Å². The highest BCUT2D eigenvalue weighted by molar-refractivity contribution is 7.89. The van der Waals surface area contributed by atoms with Gasteiger partial charge in [0.1, 0.15) is 22.4 Å². The van der Waals surface area contributed by atoms with Gasteiger partial charge < -0.3 is 10.5 Å². The van der Waals surface area contributed by atoms with Gasteiger partial charge in [-0.15, -0.1) is 0 Å². The molecule has 2 N–H and O–H groups in total. The summed E-state index contributed by atoms with van der Waals surface area (Å²) in [6, 6.07) is 5.95. The zero-order chi connectivity index (χ0) is 20.5. The van der Waals surface area contributed by atoms with Gasteiger partial charge in [0.25, 0.3) is 5.91 Å². The third-order valence-corrected chi connectivity index (χ3v) is 7.20. The predicted octanol–water partition coefficient (Wildman–Crippen LogP) is 3.03. The number of amides is 1. The Bertz CT molecular complexity index is 1010. The fourth-order valence-corrected chi connectivity index (χ4v) is 5.32. The summed E-state index contributed by atoms with van der Waals surface area (Å²) in [6.07, 6.45) is 2.34. The minimum absolute atomic E-state index is 0.0247. The van der Waals surface area contributed by atoms with Crippen molar-refractivity contribution in [2.75, 3.05) is 13.1 Å². The molecule has 2 heterocycles. The van der Waals surface area contributed by atoms with Crippen molar-refractivity contribution in [2.45, 2.75) is 30.8 Å². The van der Waals surface area contributed by atoms with Crippen LogP contribution in [0.25, 0.3) is 0 Å². The molecule has 1 amide bonds. The second kappa shape index (κ2) is 8.24. The van der Waals surface area contributed by atoms with Crippen LogP contribution in [0.4, 0.5) is 0 Å². The number of primary amides is 1. The number of aryl methyl sites for hydroxylation is 1. The van der Waals surface area contributed by atoms with Crippen molar-refractivity contribution in [3.63, 3.8) is 0 Å². The maximum Gasteiger partial charge on any atom is 0.267 e. The SMILES string of the molecule is Cc1cc(S(=O)(=O)N2CCCC(Oc3ccnc(C(N)=O)c3)C2)c(Cl)cc1Cl. The van der Waals surface area contributed by atoms with E-state index in [9.17, 15) is 13.2 Å². The molecule has 1 aliphatic heterocycles. The Labute approximate surface area is 173 Å². The van der Waals surface area contributed by atoms with E-state index in [-0.39, 0.29) is 28.3 Å². The Hall–Kier alpha value is -1.87. The number of carbonyl (C=O) groups excluding carboxylic acids is 1. The van der Waals surface area contributed by atoms with E-state index >= 15 is 0 Å². The van der Waals surface area contributed by atoms with E-state index < -0.39 is 15.9 Å². The minimum Gasteiger partial charge on any atom is -0.489 e. The Morgan fingerprint density at radius 2 is 2.04 bits per heavy atom. The predicted molar refractivity (Wildman–Crippen MR) is 106 cm³/mol. The number of rotatable bonds is 5. The Balaban J connectivity index is 1.80. The Kier molecular flexibility index (Phi) is 6.14. The first kappa shape index (κ1) is 20.9. The van der Waals surface area contributed by atoms with Crippen LogP contribution in [0.3, 0.4) is 0 Å². The molecule has 1 atom stereocenters. The molecule has 3 rings (SSSR count). The lowest BCUT2D eigenvalue weighted by molar-refractivity contribution is 0.0993. The van der Waals surface area contributed by atoms with E-state index in [0.717, 1.165) is 0 Å². The second-order valence-electron chi connectivity index (χ2n) is 6.52. The summed E-state index contributed by atoms with van der Waals surface area (Å²) in [4.78, 5) is 15.2. The fraction of sp³-hybridized carbons (Fsp3) is 0.333.